The normalized spacial score (nSPS) is 12.5. The lowest BCUT2D eigenvalue weighted by atomic mass is 9.98. The Hall–Kier alpha value is -0.610. The van der Waals surface area contributed by atoms with Gasteiger partial charge in [-0.2, -0.15) is 0 Å². The molecule has 19 heavy (non-hydrogen) atoms. The van der Waals surface area contributed by atoms with Crippen LogP contribution in [0.4, 0.5) is 4.39 Å². The van der Waals surface area contributed by atoms with Gasteiger partial charge in [-0.05, 0) is 46.7 Å². The molecule has 0 saturated carbocycles. The van der Waals surface area contributed by atoms with Crippen LogP contribution in [0.2, 0.25) is 10.0 Å². The summed E-state index contributed by atoms with van der Waals surface area (Å²) in [7, 11) is 1.75. The smallest absolute Gasteiger partial charge is 0.129 e. The third-order valence-electron chi connectivity index (χ3n) is 2.86. The topological polar surface area (TPSA) is 12.0 Å². The molecule has 5 heteroatoms. The SMILES string of the molecule is CNC(c1cc(Cl)c(Br)cc1F)c1ccccc1Cl. The van der Waals surface area contributed by atoms with Crippen molar-refractivity contribution < 1.29 is 4.39 Å². The maximum atomic E-state index is 14.1. The van der Waals surface area contributed by atoms with E-state index in [1.807, 2.05) is 18.2 Å². The van der Waals surface area contributed by atoms with E-state index in [2.05, 4.69) is 21.2 Å². The van der Waals surface area contributed by atoms with Crippen molar-refractivity contribution >= 4 is 39.1 Å². The molecule has 0 aliphatic carbocycles. The minimum atomic E-state index is -0.348. The first kappa shape index (κ1) is 14.8. The summed E-state index contributed by atoms with van der Waals surface area (Å²) < 4.78 is 14.6. The summed E-state index contributed by atoms with van der Waals surface area (Å²) in [5, 5.41) is 4.11. The lowest BCUT2D eigenvalue weighted by Crippen LogP contribution is -2.19. The van der Waals surface area contributed by atoms with Gasteiger partial charge in [0.05, 0.1) is 11.1 Å². The molecular formula is C14H11BrCl2FN. The predicted octanol–water partition coefficient (Wildman–Crippen LogP) is 5.20. The summed E-state index contributed by atoms with van der Waals surface area (Å²) in [5.74, 6) is -0.337. The summed E-state index contributed by atoms with van der Waals surface area (Å²) in [5.41, 5.74) is 1.27. The Morgan fingerprint density at radius 2 is 1.79 bits per heavy atom. The van der Waals surface area contributed by atoms with Crippen molar-refractivity contribution in [2.24, 2.45) is 0 Å². The molecule has 0 spiro atoms. The second kappa shape index (κ2) is 6.23. The predicted molar refractivity (Wildman–Crippen MR) is 81.5 cm³/mol. The Morgan fingerprint density at radius 3 is 2.42 bits per heavy atom. The van der Waals surface area contributed by atoms with Gasteiger partial charge in [0.15, 0.2) is 0 Å². The summed E-state index contributed by atoms with van der Waals surface area (Å²) in [4.78, 5) is 0. The third kappa shape index (κ3) is 3.11. The minimum Gasteiger partial charge on any atom is -0.309 e. The van der Waals surface area contributed by atoms with E-state index >= 15 is 0 Å². The molecule has 1 atom stereocenters. The number of nitrogens with one attached hydrogen (secondary N) is 1. The Kier molecular flexibility index (Phi) is 4.85. The molecule has 1 nitrogen and oxygen atoms in total. The molecule has 0 bridgehead atoms. The second-order valence-electron chi connectivity index (χ2n) is 4.03. The lowest BCUT2D eigenvalue weighted by Gasteiger charge is -2.19. The van der Waals surface area contributed by atoms with Crippen LogP contribution in [0, 0.1) is 5.82 Å². The molecule has 0 aromatic heterocycles. The van der Waals surface area contributed by atoms with Crippen LogP contribution in [0.3, 0.4) is 0 Å². The molecule has 1 unspecified atom stereocenters. The van der Waals surface area contributed by atoms with Crippen LogP contribution in [-0.2, 0) is 0 Å². The highest BCUT2D eigenvalue weighted by Crippen LogP contribution is 2.33. The number of hydrogen-bond donors (Lipinski definition) is 1. The Morgan fingerprint density at radius 1 is 1.11 bits per heavy atom. The molecule has 0 fully saturated rings. The monoisotopic (exact) mass is 361 g/mol. The van der Waals surface area contributed by atoms with E-state index in [0.717, 1.165) is 5.56 Å². The highest BCUT2D eigenvalue weighted by atomic mass is 79.9. The number of hydrogen-bond acceptors (Lipinski definition) is 1. The van der Waals surface area contributed by atoms with Gasteiger partial charge in [-0.15, -0.1) is 0 Å². The molecule has 2 aromatic rings. The molecule has 100 valence electrons. The zero-order valence-electron chi connectivity index (χ0n) is 10.1. The Balaban J connectivity index is 2.55. The van der Waals surface area contributed by atoms with Gasteiger partial charge in [-0.1, -0.05) is 41.4 Å². The first-order chi connectivity index (χ1) is 9.04. The second-order valence-corrected chi connectivity index (χ2v) is 5.70. The van der Waals surface area contributed by atoms with E-state index in [-0.39, 0.29) is 11.9 Å². The average Bonchev–Trinajstić information content (AvgIpc) is 2.38. The lowest BCUT2D eigenvalue weighted by molar-refractivity contribution is 0.575. The van der Waals surface area contributed by atoms with Gasteiger partial charge in [0.2, 0.25) is 0 Å². The van der Waals surface area contributed by atoms with Crippen molar-refractivity contribution in [2.75, 3.05) is 7.05 Å². The fraction of sp³-hybridized carbons (Fsp3) is 0.143. The summed E-state index contributed by atoms with van der Waals surface area (Å²) in [6.07, 6.45) is 0. The highest BCUT2D eigenvalue weighted by molar-refractivity contribution is 9.10. The first-order valence-electron chi connectivity index (χ1n) is 5.60. The molecule has 0 radical (unpaired) electrons. The number of halogens is 4. The molecule has 0 heterocycles. The molecule has 0 amide bonds. The summed E-state index contributed by atoms with van der Waals surface area (Å²) >= 11 is 15.4. The summed E-state index contributed by atoms with van der Waals surface area (Å²) in [6, 6.07) is 9.95. The molecule has 1 N–H and O–H groups in total. The standard InChI is InChI=1S/C14H11BrCl2FN/c1-19-14(8-4-2-3-5-11(8)16)9-6-12(17)10(15)7-13(9)18/h2-7,14,19H,1H3. The van der Waals surface area contributed by atoms with Crippen LogP contribution in [0.1, 0.15) is 17.2 Å². The van der Waals surface area contributed by atoms with Crippen LogP contribution in [0.25, 0.3) is 0 Å². The zero-order chi connectivity index (χ0) is 14.0. The van der Waals surface area contributed by atoms with Crippen LogP contribution in [-0.4, -0.2) is 7.05 Å². The number of benzene rings is 2. The van der Waals surface area contributed by atoms with Gasteiger partial charge in [0, 0.05) is 15.1 Å². The average molecular weight is 363 g/mol. The largest absolute Gasteiger partial charge is 0.309 e. The van der Waals surface area contributed by atoms with Crippen molar-refractivity contribution in [1.82, 2.24) is 5.32 Å². The van der Waals surface area contributed by atoms with Crippen LogP contribution in [0.5, 0.6) is 0 Å². The zero-order valence-corrected chi connectivity index (χ0v) is 13.2. The maximum Gasteiger partial charge on any atom is 0.129 e. The molecule has 0 saturated heterocycles. The Labute approximate surface area is 129 Å². The fourth-order valence-corrected chi connectivity index (χ4v) is 2.68. The molecule has 0 aliphatic heterocycles. The van der Waals surface area contributed by atoms with Gasteiger partial charge >= 0.3 is 0 Å². The van der Waals surface area contributed by atoms with Gasteiger partial charge in [0.25, 0.3) is 0 Å². The maximum absolute atomic E-state index is 14.1. The van der Waals surface area contributed by atoms with Crippen molar-refractivity contribution in [2.45, 2.75) is 6.04 Å². The van der Waals surface area contributed by atoms with Gasteiger partial charge in [-0.25, -0.2) is 4.39 Å². The van der Waals surface area contributed by atoms with E-state index in [4.69, 9.17) is 23.2 Å². The van der Waals surface area contributed by atoms with Crippen LogP contribution in [0.15, 0.2) is 40.9 Å². The molecule has 0 aliphatic rings. The van der Waals surface area contributed by atoms with E-state index in [0.29, 0.717) is 20.1 Å². The fourth-order valence-electron chi connectivity index (χ4n) is 1.95. The molecule has 2 aromatic carbocycles. The van der Waals surface area contributed by atoms with Gasteiger partial charge in [-0.3, -0.25) is 0 Å². The highest BCUT2D eigenvalue weighted by Gasteiger charge is 2.19. The third-order valence-corrected chi connectivity index (χ3v) is 4.40. The van der Waals surface area contributed by atoms with Gasteiger partial charge < -0.3 is 5.32 Å². The van der Waals surface area contributed by atoms with E-state index < -0.39 is 0 Å². The van der Waals surface area contributed by atoms with E-state index in [1.54, 1.807) is 19.2 Å². The number of rotatable bonds is 3. The van der Waals surface area contributed by atoms with E-state index in [1.165, 1.54) is 6.07 Å². The van der Waals surface area contributed by atoms with Crippen molar-refractivity contribution in [1.29, 1.82) is 0 Å². The van der Waals surface area contributed by atoms with Gasteiger partial charge in [0.1, 0.15) is 5.82 Å². The minimum absolute atomic E-state index is 0.337. The summed E-state index contributed by atoms with van der Waals surface area (Å²) in [6.45, 7) is 0. The molecular weight excluding hydrogens is 352 g/mol. The van der Waals surface area contributed by atoms with Crippen molar-refractivity contribution in [3.8, 4) is 0 Å². The van der Waals surface area contributed by atoms with Crippen molar-refractivity contribution in [3.63, 3.8) is 0 Å². The van der Waals surface area contributed by atoms with Crippen molar-refractivity contribution in [3.05, 3.63) is 67.9 Å². The van der Waals surface area contributed by atoms with Crippen LogP contribution >= 0.6 is 39.1 Å². The van der Waals surface area contributed by atoms with E-state index in [9.17, 15) is 4.39 Å². The Bertz CT molecular complexity index is 604. The quantitative estimate of drug-likeness (QED) is 0.739. The molecule has 2 rings (SSSR count). The van der Waals surface area contributed by atoms with Crippen LogP contribution < -0.4 is 5.32 Å². The first-order valence-corrected chi connectivity index (χ1v) is 7.15.